The lowest BCUT2D eigenvalue weighted by atomic mass is 9.32. The van der Waals surface area contributed by atoms with Crippen LogP contribution in [0.15, 0.2) is 12.2 Å². The molecule has 0 aromatic carbocycles. The number of hydrogen-bond donors (Lipinski definition) is 1. The van der Waals surface area contributed by atoms with Gasteiger partial charge in [-0.3, -0.25) is 4.79 Å². The minimum Gasteiger partial charge on any atom is -0.481 e. The first kappa shape index (κ1) is 23.9. The van der Waals surface area contributed by atoms with E-state index < -0.39 is 11.4 Å². The summed E-state index contributed by atoms with van der Waals surface area (Å²) in [5, 5.41) is 10.5. The van der Waals surface area contributed by atoms with Gasteiger partial charge in [0.25, 0.3) is 0 Å². The summed E-state index contributed by atoms with van der Waals surface area (Å²) < 4.78 is 0. The maximum Gasteiger partial charge on any atom is 0.309 e. The summed E-state index contributed by atoms with van der Waals surface area (Å²) in [6, 6.07) is 0. The summed E-state index contributed by atoms with van der Waals surface area (Å²) in [6.07, 6.45) is 11.9. The van der Waals surface area contributed by atoms with Crippen molar-refractivity contribution in [1.82, 2.24) is 0 Å². The Hall–Kier alpha value is -0.790. The number of rotatable bonds is 2. The molecule has 0 bridgehead atoms. The number of carbonyl (C=O) groups is 1. The third kappa shape index (κ3) is 2.76. The highest BCUT2D eigenvalue weighted by atomic mass is 16.4. The zero-order chi connectivity index (χ0) is 24.2. The zero-order valence-corrected chi connectivity index (χ0v) is 22.6. The standard InChI is InChI=1S/C31H50O2/c1-19(2)21-12-16-31(26(32)33)18-17-29(7)22(25(21)31)9-10-24-28(6)14-11-20(3)27(4,5)23(28)13-15-30(24,29)8/h20-25H,1,9-18H2,2-8H3,(H,32,33)/t20?,21-,22+,23-,24+,25+,28-,29+,30+,31?/m0/s1. The van der Waals surface area contributed by atoms with Gasteiger partial charge in [0, 0.05) is 0 Å². The minimum atomic E-state index is -0.510. The van der Waals surface area contributed by atoms with E-state index in [4.69, 9.17) is 0 Å². The van der Waals surface area contributed by atoms with Crippen molar-refractivity contribution >= 4 is 5.97 Å². The van der Waals surface area contributed by atoms with Crippen LogP contribution in [0, 0.1) is 62.6 Å². The number of allylic oxidation sites excluding steroid dienone is 1. The van der Waals surface area contributed by atoms with E-state index in [1.165, 1.54) is 44.1 Å². The second kappa shape index (κ2) is 7.13. The maximum absolute atomic E-state index is 12.8. The highest BCUT2D eigenvalue weighted by Gasteiger charge is 2.71. The molecule has 0 amide bonds. The Bertz CT molecular complexity index is 857. The molecule has 0 spiro atoms. The van der Waals surface area contributed by atoms with Crippen molar-refractivity contribution in [2.24, 2.45) is 62.6 Å². The molecule has 10 atom stereocenters. The molecule has 5 fully saturated rings. The summed E-state index contributed by atoms with van der Waals surface area (Å²) in [6.45, 7) is 22.1. The van der Waals surface area contributed by atoms with Gasteiger partial charge in [-0.1, -0.05) is 53.7 Å². The van der Waals surface area contributed by atoms with Gasteiger partial charge >= 0.3 is 5.97 Å². The van der Waals surface area contributed by atoms with Crippen molar-refractivity contribution in [2.45, 2.75) is 113 Å². The fourth-order valence-electron chi connectivity index (χ4n) is 11.7. The molecule has 0 radical (unpaired) electrons. The topological polar surface area (TPSA) is 37.3 Å². The van der Waals surface area contributed by atoms with Crippen LogP contribution in [0.25, 0.3) is 0 Å². The third-order valence-electron chi connectivity index (χ3n) is 14.0. The van der Waals surface area contributed by atoms with Crippen molar-refractivity contribution in [3.05, 3.63) is 12.2 Å². The lowest BCUT2D eigenvalue weighted by Gasteiger charge is -2.73. The van der Waals surface area contributed by atoms with Crippen LogP contribution < -0.4 is 0 Å². The van der Waals surface area contributed by atoms with Gasteiger partial charge in [-0.2, -0.15) is 0 Å². The van der Waals surface area contributed by atoms with E-state index in [9.17, 15) is 9.90 Å². The molecule has 0 aromatic rings. The van der Waals surface area contributed by atoms with Crippen LogP contribution in [-0.2, 0) is 4.79 Å². The Balaban J connectivity index is 1.57. The van der Waals surface area contributed by atoms with Crippen molar-refractivity contribution in [3.63, 3.8) is 0 Å². The number of aliphatic carboxylic acids is 1. The first-order chi connectivity index (χ1) is 15.3. The lowest BCUT2D eigenvalue weighted by Crippen LogP contribution is -2.66. The van der Waals surface area contributed by atoms with Gasteiger partial charge in [-0.05, 0) is 128 Å². The van der Waals surface area contributed by atoms with Crippen molar-refractivity contribution in [3.8, 4) is 0 Å². The van der Waals surface area contributed by atoms with Gasteiger partial charge in [-0.25, -0.2) is 0 Å². The Morgan fingerprint density at radius 2 is 1.52 bits per heavy atom. The average Bonchev–Trinajstić information content (AvgIpc) is 3.13. The summed E-state index contributed by atoms with van der Waals surface area (Å²) in [5.41, 5.74) is 2.16. The molecule has 186 valence electrons. The second-order valence-electron chi connectivity index (χ2n) is 14.9. The van der Waals surface area contributed by atoms with Crippen LogP contribution in [-0.4, -0.2) is 11.1 Å². The fourth-order valence-corrected chi connectivity index (χ4v) is 11.7. The van der Waals surface area contributed by atoms with E-state index in [1.54, 1.807) is 0 Å². The van der Waals surface area contributed by atoms with E-state index in [1.807, 2.05) is 0 Å². The molecule has 33 heavy (non-hydrogen) atoms. The molecule has 2 nitrogen and oxygen atoms in total. The Morgan fingerprint density at radius 1 is 0.818 bits per heavy atom. The molecule has 5 rings (SSSR count). The van der Waals surface area contributed by atoms with E-state index >= 15 is 0 Å². The van der Waals surface area contributed by atoms with Gasteiger partial charge < -0.3 is 5.11 Å². The molecule has 0 aliphatic heterocycles. The normalized spacial score (nSPS) is 55.0. The van der Waals surface area contributed by atoms with Crippen LogP contribution in [0.2, 0.25) is 0 Å². The van der Waals surface area contributed by atoms with Crippen molar-refractivity contribution < 1.29 is 9.90 Å². The average molecular weight is 455 g/mol. The molecule has 2 unspecified atom stereocenters. The molecule has 0 heterocycles. The van der Waals surface area contributed by atoms with Gasteiger partial charge in [0.1, 0.15) is 0 Å². The van der Waals surface area contributed by atoms with Gasteiger partial charge in [0.05, 0.1) is 5.41 Å². The SMILES string of the molecule is C=C(C)[C@@H]1CCC2(C(=O)O)CC[C@]3(C)[C@H](CC[C@@H]4[C@@]5(C)CCC(C)C(C)(C)[C@@H]5CC[C@]43C)[C@@H]12. The molecule has 5 saturated carbocycles. The summed E-state index contributed by atoms with van der Waals surface area (Å²) in [5.74, 6) is 3.12. The van der Waals surface area contributed by atoms with Crippen LogP contribution in [0.3, 0.4) is 0 Å². The second-order valence-corrected chi connectivity index (χ2v) is 14.9. The lowest BCUT2D eigenvalue weighted by molar-refractivity contribution is -0.242. The third-order valence-corrected chi connectivity index (χ3v) is 14.0. The minimum absolute atomic E-state index is 0.249. The monoisotopic (exact) mass is 454 g/mol. The molecular formula is C31H50O2. The van der Waals surface area contributed by atoms with Gasteiger partial charge in [0.15, 0.2) is 0 Å². The number of fused-ring (bicyclic) bond motifs is 7. The van der Waals surface area contributed by atoms with Gasteiger partial charge in [0.2, 0.25) is 0 Å². The molecule has 5 aliphatic carbocycles. The van der Waals surface area contributed by atoms with E-state index in [2.05, 4.69) is 55.0 Å². The largest absolute Gasteiger partial charge is 0.481 e. The first-order valence-corrected chi connectivity index (χ1v) is 14.1. The predicted molar refractivity (Wildman–Crippen MR) is 136 cm³/mol. The number of hydrogen-bond acceptors (Lipinski definition) is 1. The Labute approximate surface area is 203 Å². The van der Waals surface area contributed by atoms with E-state index in [-0.39, 0.29) is 11.3 Å². The molecule has 2 heteroatoms. The summed E-state index contributed by atoms with van der Waals surface area (Å²) in [4.78, 5) is 12.8. The van der Waals surface area contributed by atoms with Crippen LogP contribution in [0.1, 0.15) is 113 Å². The van der Waals surface area contributed by atoms with Crippen LogP contribution >= 0.6 is 0 Å². The highest BCUT2D eigenvalue weighted by Crippen LogP contribution is 2.77. The molecule has 1 N–H and O–H groups in total. The molecule has 5 aliphatic rings. The Kier molecular flexibility index (Phi) is 5.17. The number of carboxylic acid groups (broad SMARTS) is 1. The summed E-state index contributed by atoms with van der Waals surface area (Å²) in [7, 11) is 0. The van der Waals surface area contributed by atoms with E-state index in [0.717, 1.165) is 43.4 Å². The quantitative estimate of drug-likeness (QED) is 0.425. The highest BCUT2D eigenvalue weighted by molar-refractivity contribution is 5.76. The van der Waals surface area contributed by atoms with Gasteiger partial charge in [-0.15, -0.1) is 0 Å². The smallest absolute Gasteiger partial charge is 0.309 e. The van der Waals surface area contributed by atoms with Crippen LogP contribution in [0.4, 0.5) is 0 Å². The molecule has 0 saturated heterocycles. The number of carboxylic acids is 1. The first-order valence-electron chi connectivity index (χ1n) is 14.1. The zero-order valence-electron chi connectivity index (χ0n) is 22.6. The van der Waals surface area contributed by atoms with Crippen LogP contribution in [0.5, 0.6) is 0 Å². The predicted octanol–water partition coefficient (Wildman–Crippen LogP) is 8.36. The van der Waals surface area contributed by atoms with Crippen molar-refractivity contribution in [1.29, 1.82) is 0 Å². The molecular weight excluding hydrogens is 404 g/mol. The maximum atomic E-state index is 12.8. The Morgan fingerprint density at radius 3 is 2.15 bits per heavy atom. The van der Waals surface area contributed by atoms with Crippen molar-refractivity contribution in [2.75, 3.05) is 0 Å². The summed E-state index contributed by atoms with van der Waals surface area (Å²) >= 11 is 0. The molecule has 0 aromatic heterocycles. The fraction of sp³-hybridized carbons (Fsp3) is 0.903. The van der Waals surface area contributed by atoms with E-state index in [0.29, 0.717) is 28.1 Å².